The van der Waals surface area contributed by atoms with Crippen molar-refractivity contribution in [2.45, 2.75) is 23.8 Å². The average Bonchev–Trinajstić information content (AvgIpc) is 2.68. The Kier molecular flexibility index (Phi) is 7.49. The fraction of sp³-hybridized carbons (Fsp3) is 0.294. The summed E-state index contributed by atoms with van der Waals surface area (Å²) in [6, 6.07) is 8.54. The molecule has 0 spiro atoms. The summed E-state index contributed by atoms with van der Waals surface area (Å²) in [5.41, 5.74) is 0.390. The zero-order valence-corrected chi connectivity index (χ0v) is 17.0. The predicted molar refractivity (Wildman–Crippen MR) is 107 cm³/mol. The second-order valence-electron chi connectivity index (χ2n) is 5.56. The molecule has 150 valence electrons. The Morgan fingerprint density at radius 1 is 1.18 bits per heavy atom. The maximum Gasteiger partial charge on any atom is 0.269 e. The third-order valence-electron chi connectivity index (χ3n) is 3.77. The number of amides is 1. The van der Waals surface area contributed by atoms with Crippen LogP contribution in [-0.4, -0.2) is 47.4 Å². The molecule has 28 heavy (non-hydrogen) atoms. The zero-order valence-electron chi connectivity index (χ0n) is 15.4. The number of pyridine rings is 1. The number of nitro groups is 1. The van der Waals surface area contributed by atoms with E-state index in [-0.39, 0.29) is 22.2 Å². The smallest absolute Gasteiger partial charge is 0.269 e. The number of aromatic nitrogens is 1. The first kappa shape index (κ1) is 21.8. The topological polar surface area (TPSA) is 123 Å². The lowest BCUT2D eigenvalue weighted by atomic mass is 10.3. The van der Waals surface area contributed by atoms with Gasteiger partial charge in [-0.3, -0.25) is 14.9 Å². The third-order valence-corrected chi connectivity index (χ3v) is 6.74. The van der Waals surface area contributed by atoms with Gasteiger partial charge in [0.2, 0.25) is 15.9 Å². The number of nitro benzene ring substituents is 1. The van der Waals surface area contributed by atoms with Gasteiger partial charge in [0.1, 0.15) is 4.90 Å². The van der Waals surface area contributed by atoms with E-state index in [1.165, 1.54) is 40.8 Å². The molecule has 1 aromatic heterocycles. The number of hydrogen-bond donors (Lipinski definition) is 1. The highest BCUT2D eigenvalue weighted by atomic mass is 32.2. The number of non-ortho nitro benzene ring substituents is 1. The number of thioether (sulfide) groups is 1. The first-order chi connectivity index (χ1) is 13.3. The number of sulfonamides is 1. The van der Waals surface area contributed by atoms with Crippen LogP contribution in [0.1, 0.15) is 13.8 Å². The lowest BCUT2D eigenvalue weighted by molar-refractivity contribution is -0.384. The first-order valence-corrected chi connectivity index (χ1v) is 10.8. The molecule has 9 nitrogen and oxygen atoms in total. The molecule has 2 aromatic rings. The summed E-state index contributed by atoms with van der Waals surface area (Å²) in [4.78, 5) is 26.3. The van der Waals surface area contributed by atoms with E-state index in [1.54, 1.807) is 19.9 Å². The summed E-state index contributed by atoms with van der Waals surface area (Å²) in [5.74, 6) is -0.243. The van der Waals surface area contributed by atoms with Crippen molar-refractivity contribution in [2.75, 3.05) is 24.2 Å². The molecule has 0 aliphatic rings. The minimum atomic E-state index is -3.57. The molecule has 1 N–H and O–H groups in total. The van der Waals surface area contributed by atoms with Crippen molar-refractivity contribution in [2.24, 2.45) is 0 Å². The largest absolute Gasteiger partial charge is 0.325 e. The van der Waals surface area contributed by atoms with Crippen LogP contribution in [0.25, 0.3) is 0 Å². The van der Waals surface area contributed by atoms with Crippen LogP contribution in [-0.2, 0) is 14.8 Å². The Morgan fingerprint density at radius 2 is 1.82 bits per heavy atom. The predicted octanol–water partition coefficient (Wildman–Crippen LogP) is 2.75. The van der Waals surface area contributed by atoms with Crippen molar-refractivity contribution in [3.8, 4) is 0 Å². The van der Waals surface area contributed by atoms with Crippen LogP contribution in [0, 0.1) is 10.1 Å². The van der Waals surface area contributed by atoms with Crippen molar-refractivity contribution < 1.29 is 18.1 Å². The van der Waals surface area contributed by atoms with Gasteiger partial charge in [0.15, 0.2) is 0 Å². The highest BCUT2D eigenvalue weighted by Gasteiger charge is 2.21. The SMILES string of the molecule is CCN(CC)S(=O)(=O)c1ccc(SCC(=O)Nc2ccc([N+](=O)[O-])cc2)nc1. The maximum absolute atomic E-state index is 12.4. The molecule has 0 aliphatic carbocycles. The van der Waals surface area contributed by atoms with Crippen LogP contribution < -0.4 is 5.32 Å². The van der Waals surface area contributed by atoms with Gasteiger partial charge in [-0.05, 0) is 24.3 Å². The van der Waals surface area contributed by atoms with E-state index >= 15 is 0 Å². The lowest BCUT2D eigenvalue weighted by Crippen LogP contribution is -2.30. The molecule has 0 aliphatic heterocycles. The summed E-state index contributed by atoms with van der Waals surface area (Å²) in [5, 5.41) is 13.8. The van der Waals surface area contributed by atoms with Gasteiger partial charge in [-0.25, -0.2) is 13.4 Å². The Morgan fingerprint density at radius 3 is 2.32 bits per heavy atom. The summed E-state index contributed by atoms with van der Waals surface area (Å²) < 4.78 is 26.2. The Labute approximate surface area is 167 Å². The van der Waals surface area contributed by atoms with Crippen molar-refractivity contribution >= 4 is 39.1 Å². The van der Waals surface area contributed by atoms with Crippen molar-refractivity contribution in [3.05, 3.63) is 52.7 Å². The van der Waals surface area contributed by atoms with Gasteiger partial charge in [-0.2, -0.15) is 4.31 Å². The minimum absolute atomic E-state index is 0.0590. The fourth-order valence-electron chi connectivity index (χ4n) is 2.32. The maximum atomic E-state index is 12.4. The standard InChI is InChI=1S/C17H20N4O5S2/c1-3-20(4-2)28(25,26)15-9-10-17(18-11-15)27-12-16(22)19-13-5-7-14(8-6-13)21(23)24/h5-11H,3-4,12H2,1-2H3,(H,19,22). The Balaban J connectivity index is 1.94. The van der Waals surface area contributed by atoms with Gasteiger partial charge in [0.25, 0.3) is 5.69 Å². The molecule has 11 heteroatoms. The minimum Gasteiger partial charge on any atom is -0.325 e. The van der Waals surface area contributed by atoms with Gasteiger partial charge < -0.3 is 5.32 Å². The van der Waals surface area contributed by atoms with Crippen molar-refractivity contribution in [1.29, 1.82) is 0 Å². The molecular weight excluding hydrogens is 404 g/mol. The molecule has 2 rings (SSSR count). The molecule has 0 atom stereocenters. The van der Waals surface area contributed by atoms with Crippen LogP contribution in [0.5, 0.6) is 0 Å². The Hall–Kier alpha value is -2.50. The second kappa shape index (κ2) is 9.62. The first-order valence-electron chi connectivity index (χ1n) is 8.41. The molecule has 1 amide bonds. The van der Waals surface area contributed by atoms with E-state index in [9.17, 15) is 23.3 Å². The number of benzene rings is 1. The molecule has 0 saturated carbocycles. The van der Waals surface area contributed by atoms with E-state index in [1.807, 2.05) is 0 Å². The van der Waals surface area contributed by atoms with Gasteiger partial charge in [0, 0.05) is 37.1 Å². The quantitative estimate of drug-likeness (QED) is 0.373. The van der Waals surface area contributed by atoms with Crippen LogP contribution >= 0.6 is 11.8 Å². The van der Waals surface area contributed by atoms with Crippen LogP contribution in [0.15, 0.2) is 52.5 Å². The molecular formula is C17H20N4O5S2. The van der Waals surface area contributed by atoms with Crippen LogP contribution in [0.2, 0.25) is 0 Å². The van der Waals surface area contributed by atoms with Gasteiger partial charge >= 0.3 is 0 Å². The summed E-state index contributed by atoms with van der Waals surface area (Å²) >= 11 is 1.16. The molecule has 1 heterocycles. The number of rotatable bonds is 9. The average molecular weight is 425 g/mol. The summed E-state index contributed by atoms with van der Waals surface area (Å²) in [6.07, 6.45) is 1.28. The van der Waals surface area contributed by atoms with E-state index in [0.29, 0.717) is 23.8 Å². The zero-order chi connectivity index (χ0) is 20.7. The third kappa shape index (κ3) is 5.50. The highest BCUT2D eigenvalue weighted by molar-refractivity contribution is 7.99. The normalized spacial score (nSPS) is 11.4. The van der Waals surface area contributed by atoms with Gasteiger partial charge in [-0.15, -0.1) is 0 Å². The van der Waals surface area contributed by atoms with Gasteiger partial charge in [0.05, 0.1) is 15.7 Å². The van der Waals surface area contributed by atoms with Crippen molar-refractivity contribution in [1.82, 2.24) is 9.29 Å². The number of carbonyl (C=O) groups is 1. The summed E-state index contributed by atoms with van der Waals surface area (Å²) in [6.45, 7) is 4.28. The number of nitrogens with zero attached hydrogens (tertiary/aromatic N) is 3. The Bertz CT molecular complexity index is 927. The van der Waals surface area contributed by atoms with Crippen molar-refractivity contribution in [3.63, 3.8) is 0 Å². The monoisotopic (exact) mass is 424 g/mol. The molecule has 1 aromatic carbocycles. The molecule has 0 unspecified atom stereocenters. The summed E-state index contributed by atoms with van der Waals surface area (Å²) in [7, 11) is -3.57. The number of hydrogen-bond acceptors (Lipinski definition) is 7. The lowest BCUT2D eigenvalue weighted by Gasteiger charge is -2.18. The van der Waals surface area contributed by atoms with E-state index in [0.717, 1.165) is 11.8 Å². The number of nitrogens with one attached hydrogen (secondary N) is 1. The van der Waals surface area contributed by atoms with Gasteiger partial charge in [-0.1, -0.05) is 25.6 Å². The molecule has 0 bridgehead atoms. The van der Waals surface area contributed by atoms with Crippen LogP contribution in [0.3, 0.4) is 0 Å². The number of carbonyl (C=O) groups excluding carboxylic acids is 1. The van der Waals surface area contributed by atoms with E-state index in [2.05, 4.69) is 10.3 Å². The molecule has 0 radical (unpaired) electrons. The molecule has 0 fully saturated rings. The van der Waals surface area contributed by atoms with E-state index in [4.69, 9.17) is 0 Å². The van der Waals surface area contributed by atoms with E-state index < -0.39 is 14.9 Å². The number of anilines is 1. The highest BCUT2D eigenvalue weighted by Crippen LogP contribution is 2.20. The van der Waals surface area contributed by atoms with Crippen LogP contribution in [0.4, 0.5) is 11.4 Å². The fourth-order valence-corrected chi connectivity index (χ4v) is 4.37. The molecule has 0 saturated heterocycles. The second-order valence-corrected chi connectivity index (χ2v) is 8.50.